The van der Waals surface area contributed by atoms with Crippen LogP contribution in [0.3, 0.4) is 0 Å². The fourth-order valence-corrected chi connectivity index (χ4v) is 3.83. The predicted molar refractivity (Wildman–Crippen MR) is 147 cm³/mol. The fraction of sp³-hybridized carbons (Fsp3) is 0.154. The molecule has 3 aromatic carbocycles. The van der Waals surface area contributed by atoms with Crippen LogP contribution in [0, 0.1) is 5.82 Å². The minimum Gasteiger partial charge on any atom is -0.494 e. The summed E-state index contributed by atoms with van der Waals surface area (Å²) in [6.07, 6.45) is 2.79. The Kier molecular flexibility index (Phi) is 8.46. The second-order valence-electron chi connectivity index (χ2n) is 7.83. The van der Waals surface area contributed by atoms with Gasteiger partial charge in [-0.25, -0.2) is 24.6 Å². The van der Waals surface area contributed by atoms with Crippen molar-refractivity contribution in [3.8, 4) is 23.0 Å². The number of rotatable bonds is 9. The number of nitrogens with one attached hydrogen (secondary N) is 3. The third-order valence-corrected chi connectivity index (χ3v) is 5.74. The molecule has 11 nitrogen and oxygen atoms in total. The number of amides is 2. The van der Waals surface area contributed by atoms with Crippen molar-refractivity contribution in [2.75, 3.05) is 39.1 Å². The molecule has 1 heterocycles. The third kappa shape index (κ3) is 6.18. The van der Waals surface area contributed by atoms with Gasteiger partial charge in [-0.15, -0.1) is 0 Å². The summed E-state index contributed by atoms with van der Waals surface area (Å²) in [6, 6.07) is 10.2. The zero-order valence-electron chi connectivity index (χ0n) is 21.3. The van der Waals surface area contributed by atoms with Crippen LogP contribution in [0.1, 0.15) is 5.56 Å². The number of aromatic nitrogens is 2. The quantitative estimate of drug-likeness (QED) is 0.186. The van der Waals surface area contributed by atoms with Gasteiger partial charge in [-0.05, 0) is 36.4 Å². The molecule has 0 saturated carbocycles. The smallest absolute Gasteiger partial charge is 0.339 e. The van der Waals surface area contributed by atoms with E-state index in [0.717, 1.165) is 0 Å². The van der Waals surface area contributed by atoms with Crippen molar-refractivity contribution >= 4 is 51.9 Å². The number of urea groups is 1. The molecule has 0 aliphatic heterocycles. The highest BCUT2D eigenvalue weighted by atomic mass is 35.5. The molecule has 4 rings (SSSR count). The first-order valence-electron chi connectivity index (χ1n) is 11.3. The highest BCUT2D eigenvalue weighted by Crippen LogP contribution is 2.38. The summed E-state index contributed by atoms with van der Waals surface area (Å²) in [6.45, 7) is 0. The minimum absolute atomic E-state index is 0.0360. The van der Waals surface area contributed by atoms with Gasteiger partial charge < -0.3 is 29.6 Å². The Morgan fingerprint density at radius 3 is 2.31 bits per heavy atom. The molecule has 0 unspecified atom stereocenters. The Balaban J connectivity index is 1.55. The van der Waals surface area contributed by atoms with Crippen LogP contribution in [0.25, 0.3) is 10.9 Å². The zero-order chi connectivity index (χ0) is 27.9. The second kappa shape index (κ2) is 12.1. The normalized spacial score (nSPS) is 10.8. The topological polar surface area (TPSA) is 128 Å². The summed E-state index contributed by atoms with van der Waals surface area (Å²) in [7, 11) is 5.97. The number of anilines is 3. The van der Waals surface area contributed by atoms with Crippen LogP contribution in [-0.4, -0.2) is 50.7 Å². The number of hydrazone groups is 1. The van der Waals surface area contributed by atoms with E-state index in [1.807, 2.05) is 0 Å². The Hall–Kier alpha value is -4.84. The van der Waals surface area contributed by atoms with Crippen LogP contribution in [0.5, 0.6) is 23.0 Å². The van der Waals surface area contributed by atoms with E-state index < -0.39 is 11.8 Å². The number of nitrogens with zero attached hydrogens (tertiary/aromatic N) is 3. The largest absolute Gasteiger partial charge is 0.494 e. The minimum atomic E-state index is -0.631. The standard InChI is InChI=1S/C26H24ClFN6O5/c1-36-21-11-19-16(25(30-13-29-19)32-15-5-6-18(28)17(27)9-15)10-20(21)33-26(35)34-31-12-14-7-22(37-2)24(39-4)23(8-14)38-3/h5-13H,1-4H3,(H,29,30,32)(H2,33,34,35)/b31-12+. The molecule has 39 heavy (non-hydrogen) atoms. The molecule has 1 aromatic heterocycles. The number of carbonyl (C=O) groups excluding carboxylic acids is 1. The second-order valence-corrected chi connectivity index (χ2v) is 8.24. The summed E-state index contributed by atoms with van der Waals surface area (Å²) >= 11 is 5.90. The van der Waals surface area contributed by atoms with E-state index >= 15 is 0 Å². The number of fused-ring (bicyclic) bond motifs is 1. The summed E-state index contributed by atoms with van der Waals surface area (Å²) in [5, 5.41) is 10.3. The Morgan fingerprint density at radius 2 is 1.67 bits per heavy atom. The molecule has 0 bridgehead atoms. The molecule has 202 valence electrons. The molecule has 0 aliphatic carbocycles. The van der Waals surface area contributed by atoms with E-state index in [-0.39, 0.29) is 5.02 Å². The van der Waals surface area contributed by atoms with Gasteiger partial charge in [0.25, 0.3) is 0 Å². The third-order valence-electron chi connectivity index (χ3n) is 5.45. The van der Waals surface area contributed by atoms with Gasteiger partial charge >= 0.3 is 6.03 Å². The van der Waals surface area contributed by atoms with Gasteiger partial charge in [0.05, 0.1) is 50.9 Å². The van der Waals surface area contributed by atoms with E-state index in [2.05, 4.69) is 31.1 Å². The van der Waals surface area contributed by atoms with Gasteiger partial charge in [0.2, 0.25) is 5.75 Å². The first-order chi connectivity index (χ1) is 18.9. The van der Waals surface area contributed by atoms with E-state index in [0.29, 0.717) is 56.7 Å². The molecule has 0 aliphatic rings. The average molecular weight is 555 g/mol. The lowest BCUT2D eigenvalue weighted by molar-refractivity contribution is 0.252. The van der Waals surface area contributed by atoms with Crippen LogP contribution in [0.15, 0.2) is 53.9 Å². The number of methoxy groups -OCH3 is 4. The molecule has 0 fully saturated rings. The maximum Gasteiger partial charge on any atom is 0.339 e. The van der Waals surface area contributed by atoms with Crippen molar-refractivity contribution in [1.82, 2.24) is 15.4 Å². The monoisotopic (exact) mass is 554 g/mol. The Bertz CT molecular complexity index is 1530. The first kappa shape index (κ1) is 27.2. The summed E-state index contributed by atoms with van der Waals surface area (Å²) in [5.41, 5.74) is 4.40. The van der Waals surface area contributed by atoms with E-state index in [4.69, 9.17) is 30.5 Å². The van der Waals surface area contributed by atoms with Crippen LogP contribution < -0.4 is 35.0 Å². The molecule has 13 heteroatoms. The first-order valence-corrected chi connectivity index (χ1v) is 11.7. The van der Waals surface area contributed by atoms with Crippen molar-refractivity contribution in [2.24, 2.45) is 5.10 Å². The molecule has 3 N–H and O–H groups in total. The average Bonchev–Trinajstić information content (AvgIpc) is 2.94. The number of ether oxygens (including phenoxy) is 4. The van der Waals surface area contributed by atoms with Crippen molar-refractivity contribution in [1.29, 1.82) is 0 Å². The Morgan fingerprint density at radius 1 is 0.949 bits per heavy atom. The lowest BCUT2D eigenvalue weighted by Crippen LogP contribution is -2.24. The van der Waals surface area contributed by atoms with Gasteiger partial charge in [0.1, 0.15) is 23.7 Å². The molecular formula is C26H24ClFN6O5. The lowest BCUT2D eigenvalue weighted by Gasteiger charge is -2.14. The summed E-state index contributed by atoms with van der Waals surface area (Å²) in [5.74, 6) is 1.56. The predicted octanol–water partition coefficient (Wildman–Crippen LogP) is 5.36. The molecule has 0 saturated heterocycles. The van der Waals surface area contributed by atoms with Gasteiger partial charge in [0.15, 0.2) is 11.5 Å². The number of benzene rings is 3. The van der Waals surface area contributed by atoms with Gasteiger partial charge in [0, 0.05) is 22.7 Å². The van der Waals surface area contributed by atoms with Crippen LogP contribution in [0.2, 0.25) is 5.02 Å². The maximum absolute atomic E-state index is 13.6. The number of halogens is 2. The van der Waals surface area contributed by atoms with Crippen molar-refractivity contribution < 1.29 is 28.1 Å². The molecule has 0 radical (unpaired) electrons. The number of carbonyl (C=O) groups is 1. The fourth-order valence-electron chi connectivity index (χ4n) is 3.65. The van der Waals surface area contributed by atoms with E-state index in [1.165, 1.54) is 59.2 Å². The molecule has 2 amide bonds. The number of hydrogen-bond donors (Lipinski definition) is 3. The van der Waals surface area contributed by atoms with Crippen molar-refractivity contribution in [3.05, 3.63) is 65.2 Å². The summed E-state index contributed by atoms with van der Waals surface area (Å²) < 4.78 is 34.9. The van der Waals surface area contributed by atoms with Crippen LogP contribution >= 0.6 is 11.6 Å². The highest BCUT2D eigenvalue weighted by Gasteiger charge is 2.15. The zero-order valence-corrected chi connectivity index (χ0v) is 22.1. The highest BCUT2D eigenvalue weighted by molar-refractivity contribution is 6.31. The number of hydrogen-bond acceptors (Lipinski definition) is 9. The van der Waals surface area contributed by atoms with Crippen molar-refractivity contribution in [3.63, 3.8) is 0 Å². The molecule has 4 aromatic rings. The van der Waals surface area contributed by atoms with E-state index in [9.17, 15) is 9.18 Å². The molecule has 0 spiro atoms. The van der Waals surface area contributed by atoms with Gasteiger partial charge in [-0.1, -0.05) is 11.6 Å². The van der Waals surface area contributed by atoms with Crippen LogP contribution in [0.4, 0.5) is 26.4 Å². The SMILES string of the molecule is COc1cc2ncnc(Nc3ccc(F)c(Cl)c3)c2cc1NC(=O)N/N=C/c1cc(OC)c(OC)c(OC)c1. The molecule has 0 atom stereocenters. The maximum atomic E-state index is 13.6. The molecular weight excluding hydrogens is 531 g/mol. The van der Waals surface area contributed by atoms with Crippen LogP contribution in [-0.2, 0) is 0 Å². The van der Waals surface area contributed by atoms with Gasteiger partial charge in [-0.2, -0.15) is 5.10 Å². The Labute approximate surface area is 227 Å². The van der Waals surface area contributed by atoms with Crippen molar-refractivity contribution in [2.45, 2.75) is 0 Å². The van der Waals surface area contributed by atoms with E-state index in [1.54, 1.807) is 24.3 Å². The summed E-state index contributed by atoms with van der Waals surface area (Å²) in [4.78, 5) is 21.2. The van der Waals surface area contributed by atoms with Gasteiger partial charge in [-0.3, -0.25) is 0 Å². The lowest BCUT2D eigenvalue weighted by atomic mass is 10.2.